The molecule has 0 aromatic heterocycles. The standard InChI is InChI=1S/C17H22NO6P/c1-12(16(19)23-25(20,21)22)18(24-17(2,3)4)15-11-7-9-13-8-5-6-10-14(13)15/h5-12H,1-4H3,(H2,20,21,22)/t12-/m0/s1. The molecule has 2 aromatic carbocycles. The summed E-state index contributed by atoms with van der Waals surface area (Å²) in [5.74, 6) is -1.08. The molecule has 0 aliphatic carbocycles. The van der Waals surface area contributed by atoms with Gasteiger partial charge in [0.05, 0.1) is 11.3 Å². The summed E-state index contributed by atoms with van der Waals surface area (Å²) in [6, 6.07) is 12.0. The number of fused-ring (bicyclic) bond motifs is 1. The molecule has 2 aromatic rings. The Morgan fingerprint density at radius 2 is 1.72 bits per heavy atom. The van der Waals surface area contributed by atoms with E-state index in [9.17, 15) is 9.36 Å². The lowest BCUT2D eigenvalue weighted by Crippen LogP contribution is -2.44. The minimum absolute atomic E-state index is 0.600. The Hall–Kier alpha value is -1.92. The predicted molar refractivity (Wildman–Crippen MR) is 94.9 cm³/mol. The molecule has 2 rings (SSSR count). The third-order valence-corrected chi connectivity index (χ3v) is 3.70. The molecule has 0 saturated heterocycles. The maximum atomic E-state index is 12.2. The molecule has 7 nitrogen and oxygen atoms in total. The third kappa shape index (κ3) is 5.28. The van der Waals surface area contributed by atoms with Crippen LogP contribution < -0.4 is 5.06 Å². The zero-order valence-corrected chi connectivity index (χ0v) is 15.4. The predicted octanol–water partition coefficient (Wildman–Crippen LogP) is 3.40. The van der Waals surface area contributed by atoms with Gasteiger partial charge in [0.1, 0.15) is 0 Å². The molecule has 0 unspecified atom stereocenters. The van der Waals surface area contributed by atoms with Crippen LogP contribution in [-0.2, 0) is 18.7 Å². The van der Waals surface area contributed by atoms with E-state index in [1.165, 1.54) is 12.0 Å². The van der Waals surface area contributed by atoms with E-state index < -0.39 is 25.4 Å². The van der Waals surface area contributed by atoms with Gasteiger partial charge in [-0.25, -0.2) is 14.4 Å². The average Bonchev–Trinajstić information content (AvgIpc) is 2.49. The van der Waals surface area contributed by atoms with Crippen molar-refractivity contribution in [1.82, 2.24) is 0 Å². The second-order valence-electron chi connectivity index (χ2n) is 6.60. The van der Waals surface area contributed by atoms with Crippen molar-refractivity contribution < 1.29 is 28.5 Å². The average molecular weight is 367 g/mol. The zero-order valence-electron chi connectivity index (χ0n) is 14.5. The van der Waals surface area contributed by atoms with Crippen LogP contribution in [0.2, 0.25) is 0 Å². The fourth-order valence-corrected chi connectivity index (χ4v) is 2.71. The van der Waals surface area contributed by atoms with Crippen LogP contribution in [0.15, 0.2) is 42.5 Å². The highest BCUT2D eigenvalue weighted by Gasteiger charge is 2.33. The molecule has 0 aliphatic heterocycles. The first-order chi connectivity index (χ1) is 11.5. The van der Waals surface area contributed by atoms with Crippen molar-refractivity contribution in [3.63, 3.8) is 0 Å². The summed E-state index contributed by atoms with van der Waals surface area (Å²) < 4.78 is 15.2. The fourth-order valence-electron chi connectivity index (χ4n) is 2.32. The number of carbonyl (C=O) groups is 1. The minimum atomic E-state index is -4.94. The number of phosphoric acid groups is 1. The van der Waals surface area contributed by atoms with Gasteiger partial charge >= 0.3 is 13.8 Å². The number of hydrogen-bond donors (Lipinski definition) is 2. The molecule has 0 heterocycles. The molecule has 1 atom stereocenters. The van der Waals surface area contributed by atoms with E-state index in [1.54, 1.807) is 6.07 Å². The molecule has 8 heteroatoms. The van der Waals surface area contributed by atoms with Gasteiger partial charge in [-0.15, -0.1) is 0 Å². The maximum Gasteiger partial charge on any atom is 0.527 e. The molecular weight excluding hydrogens is 345 g/mol. The van der Waals surface area contributed by atoms with Crippen molar-refractivity contribution in [3.8, 4) is 0 Å². The molecule has 0 aliphatic rings. The van der Waals surface area contributed by atoms with Crippen molar-refractivity contribution in [2.24, 2.45) is 0 Å². The Kier molecular flexibility index (Phi) is 5.54. The summed E-state index contributed by atoms with van der Waals surface area (Å²) in [6.45, 7) is 6.90. The summed E-state index contributed by atoms with van der Waals surface area (Å²) in [7, 11) is -4.94. The third-order valence-electron chi connectivity index (χ3n) is 3.28. The summed E-state index contributed by atoms with van der Waals surface area (Å²) in [4.78, 5) is 35.9. The smallest absolute Gasteiger partial charge is 0.369 e. The fraction of sp³-hybridized carbons (Fsp3) is 0.353. The van der Waals surface area contributed by atoms with Crippen LogP contribution in [0, 0.1) is 0 Å². The molecule has 25 heavy (non-hydrogen) atoms. The quantitative estimate of drug-likeness (QED) is 0.617. The van der Waals surface area contributed by atoms with Crippen LogP contribution >= 0.6 is 7.82 Å². The molecule has 2 N–H and O–H groups in total. The number of rotatable bonds is 5. The molecule has 136 valence electrons. The summed E-state index contributed by atoms with van der Waals surface area (Å²) in [6.07, 6.45) is 0. The molecule has 0 bridgehead atoms. The second-order valence-corrected chi connectivity index (χ2v) is 7.77. The van der Waals surface area contributed by atoms with Gasteiger partial charge in [-0.3, -0.25) is 14.6 Å². The van der Waals surface area contributed by atoms with Gasteiger partial charge in [0.15, 0.2) is 6.04 Å². The maximum absolute atomic E-state index is 12.2. The lowest BCUT2D eigenvalue weighted by molar-refractivity contribution is -0.140. The summed E-state index contributed by atoms with van der Waals surface area (Å²) in [5.41, 5.74) is -0.0451. The van der Waals surface area contributed by atoms with Crippen LogP contribution in [0.5, 0.6) is 0 Å². The topological polar surface area (TPSA) is 96.3 Å². The number of carbonyl (C=O) groups excluding carboxylic acids is 1. The summed E-state index contributed by atoms with van der Waals surface area (Å²) in [5, 5.41) is 3.11. The van der Waals surface area contributed by atoms with Crippen molar-refractivity contribution in [1.29, 1.82) is 0 Å². The highest BCUT2D eigenvalue weighted by Crippen LogP contribution is 2.38. The molecule has 0 saturated carbocycles. The van der Waals surface area contributed by atoms with E-state index in [0.29, 0.717) is 5.69 Å². The Balaban J connectivity index is 2.48. The number of benzene rings is 2. The highest BCUT2D eigenvalue weighted by molar-refractivity contribution is 7.46. The minimum Gasteiger partial charge on any atom is -0.369 e. The van der Waals surface area contributed by atoms with Gasteiger partial charge in [0.2, 0.25) is 0 Å². The lowest BCUT2D eigenvalue weighted by atomic mass is 10.1. The van der Waals surface area contributed by atoms with E-state index in [2.05, 4.69) is 4.52 Å². The van der Waals surface area contributed by atoms with Crippen LogP contribution in [0.3, 0.4) is 0 Å². The highest BCUT2D eigenvalue weighted by atomic mass is 31.2. The Morgan fingerprint density at radius 1 is 1.12 bits per heavy atom. The van der Waals surface area contributed by atoms with Crippen molar-refractivity contribution in [3.05, 3.63) is 42.5 Å². The number of hydroxylamine groups is 1. The van der Waals surface area contributed by atoms with E-state index in [1.807, 2.05) is 57.2 Å². The molecular formula is C17H22NO6P. The van der Waals surface area contributed by atoms with Crippen LogP contribution in [0.1, 0.15) is 27.7 Å². The molecule has 0 fully saturated rings. The van der Waals surface area contributed by atoms with Crippen LogP contribution in [-0.4, -0.2) is 27.4 Å². The zero-order chi connectivity index (χ0) is 18.8. The van der Waals surface area contributed by atoms with Gasteiger partial charge in [0.25, 0.3) is 0 Å². The number of hydrogen-bond acceptors (Lipinski definition) is 5. The monoisotopic (exact) mass is 367 g/mol. The Labute approximate surface area is 146 Å². The Morgan fingerprint density at radius 3 is 2.32 bits per heavy atom. The number of phosphoric ester groups is 1. The van der Waals surface area contributed by atoms with E-state index in [0.717, 1.165) is 10.8 Å². The van der Waals surface area contributed by atoms with Gasteiger partial charge < -0.3 is 4.52 Å². The number of anilines is 1. The van der Waals surface area contributed by atoms with Gasteiger partial charge in [-0.2, -0.15) is 0 Å². The van der Waals surface area contributed by atoms with Gasteiger partial charge in [0, 0.05) is 5.39 Å². The van der Waals surface area contributed by atoms with E-state index in [-0.39, 0.29) is 0 Å². The first-order valence-corrected chi connectivity index (χ1v) is 9.26. The molecule has 0 radical (unpaired) electrons. The van der Waals surface area contributed by atoms with Crippen molar-refractivity contribution >= 4 is 30.3 Å². The SMILES string of the molecule is C[C@@H](C(=O)OP(=O)(O)O)N(OC(C)(C)C)c1cccc2ccccc12. The molecule has 0 spiro atoms. The summed E-state index contributed by atoms with van der Waals surface area (Å²) >= 11 is 0. The van der Waals surface area contributed by atoms with E-state index in [4.69, 9.17) is 14.6 Å². The second kappa shape index (κ2) is 7.14. The largest absolute Gasteiger partial charge is 0.527 e. The first kappa shape index (κ1) is 19.4. The van der Waals surface area contributed by atoms with E-state index >= 15 is 0 Å². The molecule has 0 amide bonds. The Bertz CT molecular complexity index is 805. The normalized spacial score (nSPS) is 13.5. The first-order valence-electron chi connectivity index (χ1n) is 7.73. The lowest BCUT2D eigenvalue weighted by Gasteiger charge is -2.35. The van der Waals surface area contributed by atoms with Gasteiger partial charge in [-0.05, 0) is 39.1 Å². The van der Waals surface area contributed by atoms with Crippen LogP contribution in [0.25, 0.3) is 10.8 Å². The van der Waals surface area contributed by atoms with Gasteiger partial charge in [-0.1, -0.05) is 36.4 Å². The van der Waals surface area contributed by atoms with Crippen molar-refractivity contribution in [2.45, 2.75) is 39.3 Å². The van der Waals surface area contributed by atoms with Crippen molar-refractivity contribution in [2.75, 3.05) is 5.06 Å². The number of nitrogens with zero attached hydrogens (tertiary/aromatic N) is 1. The van der Waals surface area contributed by atoms with Crippen LogP contribution in [0.4, 0.5) is 5.69 Å².